The van der Waals surface area contributed by atoms with Gasteiger partial charge in [0.25, 0.3) is 0 Å². The molecular weight excluding hydrogens is 520 g/mol. The van der Waals surface area contributed by atoms with E-state index >= 15 is 0 Å². The zero-order valence-corrected chi connectivity index (χ0v) is 29.2. The van der Waals surface area contributed by atoms with Crippen LogP contribution < -0.4 is 15.6 Å². The maximum atomic E-state index is 2.67. The Morgan fingerprint density at radius 1 is 0.590 bits per heavy atom. The van der Waals surface area contributed by atoms with Crippen LogP contribution in [0.5, 0.6) is 0 Å². The Bertz CT molecular complexity index is 1390. The molecule has 0 spiro atoms. The molecule has 0 heterocycles. The van der Waals surface area contributed by atoms with Crippen molar-refractivity contribution in [2.24, 2.45) is 0 Å². The molecule has 0 amide bonds. The van der Waals surface area contributed by atoms with Crippen LogP contribution in [0.25, 0.3) is 0 Å². The van der Waals surface area contributed by atoms with Crippen molar-refractivity contribution in [1.29, 1.82) is 0 Å². The summed E-state index contributed by atoms with van der Waals surface area (Å²) < 4.78 is 0.0929. The van der Waals surface area contributed by atoms with Crippen LogP contribution in [0.3, 0.4) is 0 Å². The zero-order chi connectivity index (χ0) is 28.9. The van der Waals surface area contributed by atoms with E-state index in [0.29, 0.717) is 0 Å². The third-order valence-electron chi connectivity index (χ3n) is 10.0. The fourth-order valence-corrected chi connectivity index (χ4v) is 23.7. The Morgan fingerprint density at radius 3 is 1.36 bits per heavy atom. The summed E-state index contributed by atoms with van der Waals surface area (Å²) in [6.07, 6.45) is 2.14. The van der Waals surface area contributed by atoms with E-state index in [4.69, 9.17) is 0 Å². The molecule has 1 aliphatic rings. The molecule has 1 aliphatic carbocycles. The minimum atomic E-state index is -2.70. The van der Waals surface area contributed by atoms with Gasteiger partial charge in [0.1, 0.15) is 0 Å². The van der Waals surface area contributed by atoms with Gasteiger partial charge in [-0.15, -0.1) is 0 Å². The monoisotopic (exact) mass is 569 g/mol. The van der Waals surface area contributed by atoms with Crippen molar-refractivity contribution in [2.45, 2.75) is 95.9 Å². The third kappa shape index (κ3) is 4.44. The molecule has 205 valence electrons. The van der Waals surface area contributed by atoms with E-state index in [2.05, 4.69) is 134 Å². The number of aryl methyl sites for hydroxylation is 6. The molecule has 0 nitrogen and oxygen atoms in total. The molecule has 0 radical (unpaired) electrons. The Morgan fingerprint density at radius 2 is 1.00 bits per heavy atom. The summed E-state index contributed by atoms with van der Waals surface area (Å²) in [6, 6.07) is 22.4. The van der Waals surface area contributed by atoms with Gasteiger partial charge in [-0.1, -0.05) is 0 Å². The Labute approximate surface area is 246 Å². The predicted molar refractivity (Wildman–Crippen MR) is 173 cm³/mol. The maximum absolute atomic E-state index is 2.70. The van der Waals surface area contributed by atoms with Crippen LogP contribution in [-0.2, 0) is 30.7 Å². The summed E-state index contributed by atoms with van der Waals surface area (Å²) in [5, 5.41) is 10.2. The van der Waals surface area contributed by atoms with E-state index in [1.165, 1.54) is 44.5 Å². The van der Waals surface area contributed by atoms with Gasteiger partial charge < -0.3 is 0 Å². The van der Waals surface area contributed by atoms with Crippen LogP contribution in [0.15, 0.2) is 76.9 Å². The standard InChI is InChI=1S/C35H43Si.2CH3.Ti/c1-11-30-19-31(12-2)21-32(20-30)36(33-17-22(3)13-15-24(33)5,34-18-23(4)14-16-25(34)6)35-28(9)26(7)27(8)29(35)10;;;/h13-21H,11-12H2,1-10H3;2*1H3;. The van der Waals surface area contributed by atoms with E-state index in [0.717, 1.165) is 12.8 Å². The van der Waals surface area contributed by atoms with Crippen LogP contribution in [-0.4, -0.2) is 8.07 Å². The molecule has 0 atom stereocenters. The van der Waals surface area contributed by atoms with Gasteiger partial charge in [0.15, 0.2) is 0 Å². The first-order chi connectivity index (χ1) is 18.4. The van der Waals surface area contributed by atoms with E-state index < -0.39 is 25.9 Å². The van der Waals surface area contributed by atoms with E-state index in [-0.39, 0.29) is 3.34 Å². The van der Waals surface area contributed by atoms with Gasteiger partial charge in [0.2, 0.25) is 0 Å². The summed E-state index contributed by atoms with van der Waals surface area (Å²) in [6.45, 7) is 23.8. The molecule has 0 aromatic heterocycles. The fraction of sp³-hybridized carbons (Fsp3) is 0.405. The number of benzene rings is 3. The van der Waals surface area contributed by atoms with Crippen molar-refractivity contribution in [3.63, 3.8) is 0 Å². The van der Waals surface area contributed by atoms with Crippen molar-refractivity contribution < 1.29 is 17.9 Å². The minimum absolute atomic E-state index is 0.0929. The van der Waals surface area contributed by atoms with E-state index in [1.54, 1.807) is 26.7 Å². The second-order valence-electron chi connectivity index (χ2n) is 12.4. The van der Waals surface area contributed by atoms with Gasteiger partial charge in [-0.05, 0) is 0 Å². The van der Waals surface area contributed by atoms with Gasteiger partial charge in [0.05, 0.1) is 0 Å². The van der Waals surface area contributed by atoms with Gasteiger partial charge in [-0.2, -0.15) is 0 Å². The molecular formula is C37H49SiTi. The molecule has 39 heavy (non-hydrogen) atoms. The average Bonchev–Trinajstić information content (AvgIpc) is 3.08. The van der Waals surface area contributed by atoms with Gasteiger partial charge in [-0.3, -0.25) is 0 Å². The molecule has 0 N–H and O–H groups in total. The fourth-order valence-electron chi connectivity index (χ4n) is 7.84. The van der Waals surface area contributed by atoms with E-state index in [9.17, 15) is 0 Å². The van der Waals surface area contributed by atoms with Crippen LogP contribution in [0.4, 0.5) is 0 Å². The first-order valence-corrected chi connectivity index (χ1v) is 20.7. The topological polar surface area (TPSA) is 0 Å². The third-order valence-corrected chi connectivity index (χ3v) is 23.1. The van der Waals surface area contributed by atoms with Crippen molar-refractivity contribution >= 4 is 23.6 Å². The molecule has 0 unspecified atom stereocenters. The normalized spacial score (nSPS) is 15.4. The second kappa shape index (κ2) is 11.2. The molecule has 2 heteroatoms. The van der Waals surface area contributed by atoms with Crippen molar-refractivity contribution in [3.8, 4) is 0 Å². The van der Waals surface area contributed by atoms with Crippen molar-refractivity contribution in [3.05, 3.63) is 110 Å². The molecule has 0 bridgehead atoms. The molecule has 4 rings (SSSR count). The van der Waals surface area contributed by atoms with Crippen molar-refractivity contribution in [2.75, 3.05) is 0 Å². The summed E-state index contributed by atoms with van der Waals surface area (Å²) in [5.41, 5.74) is 15.0. The quantitative estimate of drug-likeness (QED) is 0.197. The number of hydrogen-bond donors (Lipinski definition) is 0. The van der Waals surface area contributed by atoms with Crippen LogP contribution >= 0.6 is 0 Å². The van der Waals surface area contributed by atoms with Crippen molar-refractivity contribution in [1.82, 2.24) is 0 Å². The van der Waals surface area contributed by atoms with E-state index in [1.807, 2.05) is 0 Å². The number of hydrogen-bond acceptors (Lipinski definition) is 0. The Kier molecular flexibility index (Phi) is 8.59. The molecule has 3 aromatic carbocycles. The Balaban J connectivity index is 2.45. The summed E-state index contributed by atoms with van der Waals surface area (Å²) in [7, 11) is -2.70. The zero-order valence-electron chi connectivity index (χ0n) is 26.6. The summed E-state index contributed by atoms with van der Waals surface area (Å²) >= 11 is -1.72. The molecule has 0 saturated carbocycles. The molecule has 0 fully saturated rings. The first kappa shape index (κ1) is 30.0. The second-order valence-corrected chi connectivity index (χ2v) is 21.4. The first-order valence-electron chi connectivity index (χ1n) is 14.8. The Hall–Kier alpha value is -1.93. The van der Waals surface area contributed by atoms with Gasteiger partial charge >= 0.3 is 248 Å². The summed E-state index contributed by atoms with van der Waals surface area (Å²) in [4.78, 5) is 0. The average molecular weight is 570 g/mol. The van der Waals surface area contributed by atoms with Crippen LogP contribution in [0, 0.1) is 27.7 Å². The predicted octanol–water partition coefficient (Wildman–Crippen LogP) is 8.61. The molecule has 0 saturated heterocycles. The molecule has 0 aliphatic heterocycles. The van der Waals surface area contributed by atoms with Crippen LogP contribution in [0.1, 0.15) is 74.9 Å². The van der Waals surface area contributed by atoms with Crippen LogP contribution in [0.2, 0.25) is 13.8 Å². The summed E-state index contributed by atoms with van der Waals surface area (Å²) in [5.74, 6) is 0. The molecule has 3 aromatic rings. The van der Waals surface area contributed by atoms with Gasteiger partial charge in [-0.25, -0.2) is 0 Å². The number of rotatable bonds is 7. The van der Waals surface area contributed by atoms with Gasteiger partial charge in [0, 0.05) is 0 Å². The SMILES string of the molecule is CCc1cc(CC)cc([Si](c2cc(C)ccc2C)(c2cc(C)ccc2C)[C]2([Ti]([CH3])[CH3])C(C)=C(C)C(C)=C2C)c1. The number of allylic oxidation sites excluding steroid dienone is 4.